The number of urea groups is 1. The molecule has 0 saturated carbocycles. The van der Waals surface area contributed by atoms with Gasteiger partial charge in [0.15, 0.2) is 0 Å². The summed E-state index contributed by atoms with van der Waals surface area (Å²) < 4.78 is 0. The molecule has 0 saturated heterocycles. The van der Waals surface area contributed by atoms with E-state index in [1.54, 1.807) is 24.3 Å². The lowest BCUT2D eigenvalue weighted by Gasteiger charge is -2.18. The van der Waals surface area contributed by atoms with Gasteiger partial charge in [-0.25, -0.2) is 4.79 Å². The minimum absolute atomic E-state index is 0.0725. The SMILES string of the molecule is CC(C)[C@@H](C)NC(=O)Nc1ccccc1CC(N)=O. The molecule has 1 aromatic carbocycles. The Kier molecular flexibility index (Phi) is 5.36. The lowest BCUT2D eigenvalue weighted by atomic mass is 10.1. The van der Waals surface area contributed by atoms with E-state index in [2.05, 4.69) is 10.6 Å². The average molecular weight is 263 g/mol. The smallest absolute Gasteiger partial charge is 0.319 e. The van der Waals surface area contributed by atoms with Crippen molar-refractivity contribution in [2.45, 2.75) is 33.2 Å². The van der Waals surface area contributed by atoms with Crippen LogP contribution in [-0.2, 0) is 11.2 Å². The van der Waals surface area contributed by atoms with Gasteiger partial charge in [0.1, 0.15) is 0 Å². The second kappa shape index (κ2) is 6.78. The zero-order chi connectivity index (χ0) is 14.4. The molecular formula is C14H21N3O2. The molecule has 0 aliphatic carbocycles. The van der Waals surface area contributed by atoms with E-state index in [4.69, 9.17) is 5.73 Å². The van der Waals surface area contributed by atoms with Gasteiger partial charge in [0.2, 0.25) is 5.91 Å². The molecule has 0 aliphatic heterocycles. The molecule has 0 radical (unpaired) electrons. The van der Waals surface area contributed by atoms with Crippen LogP contribution in [0.3, 0.4) is 0 Å². The number of nitrogens with one attached hydrogen (secondary N) is 2. The number of nitrogens with two attached hydrogens (primary N) is 1. The number of primary amides is 1. The predicted octanol–water partition coefficient (Wildman–Crippen LogP) is 1.88. The van der Waals surface area contributed by atoms with E-state index >= 15 is 0 Å². The zero-order valence-electron chi connectivity index (χ0n) is 11.6. The Labute approximate surface area is 113 Å². The molecular weight excluding hydrogens is 242 g/mol. The molecule has 1 aromatic rings. The van der Waals surface area contributed by atoms with Crippen molar-refractivity contribution in [1.29, 1.82) is 0 Å². The molecule has 5 nitrogen and oxygen atoms in total. The first-order chi connectivity index (χ1) is 8.90. The quantitative estimate of drug-likeness (QED) is 0.757. The summed E-state index contributed by atoms with van der Waals surface area (Å²) >= 11 is 0. The number of anilines is 1. The maximum atomic E-state index is 11.8. The first-order valence-corrected chi connectivity index (χ1v) is 6.34. The van der Waals surface area contributed by atoms with Crippen LogP contribution in [0.25, 0.3) is 0 Å². The van der Waals surface area contributed by atoms with Crippen LogP contribution in [0.1, 0.15) is 26.3 Å². The third-order valence-electron chi connectivity index (χ3n) is 2.99. The standard InChI is InChI=1S/C14H21N3O2/c1-9(2)10(3)16-14(19)17-12-7-5-4-6-11(12)8-13(15)18/h4-7,9-10H,8H2,1-3H3,(H2,15,18)(H2,16,17,19)/t10-/m1/s1. The molecule has 1 rings (SSSR count). The van der Waals surface area contributed by atoms with Crippen LogP contribution in [0.5, 0.6) is 0 Å². The van der Waals surface area contributed by atoms with Gasteiger partial charge < -0.3 is 16.4 Å². The minimum atomic E-state index is -0.426. The molecule has 0 unspecified atom stereocenters. The van der Waals surface area contributed by atoms with Crippen molar-refractivity contribution in [3.8, 4) is 0 Å². The van der Waals surface area contributed by atoms with E-state index in [0.29, 0.717) is 17.2 Å². The fourth-order valence-corrected chi connectivity index (χ4v) is 1.52. The maximum absolute atomic E-state index is 11.8. The molecule has 0 spiro atoms. The van der Waals surface area contributed by atoms with E-state index in [1.807, 2.05) is 20.8 Å². The highest BCUT2D eigenvalue weighted by Gasteiger charge is 2.12. The molecule has 5 heteroatoms. The van der Waals surface area contributed by atoms with Gasteiger partial charge in [-0.3, -0.25) is 4.79 Å². The van der Waals surface area contributed by atoms with Crippen molar-refractivity contribution in [2.24, 2.45) is 11.7 Å². The van der Waals surface area contributed by atoms with Crippen LogP contribution < -0.4 is 16.4 Å². The van der Waals surface area contributed by atoms with E-state index < -0.39 is 5.91 Å². The highest BCUT2D eigenvalue weighted by atomic mass is 16.2. The second-order valence-corrected chi connectivity index (χ2v) is 4.93. The summed E-state index contributed by atoms with van der Waals surface area (Å²) in [4.78, 5) is 22.8. The Morgan fingerprint density at radius 1 is 1.21 bits per heavy atom. The molecule has 0 bridgehead atoms. The lowest BCUT2D eigenvalue weighted by molar-refractivity contribution is -0.117. The van der Waals surface area contributed by atoms with Crippen molar-refractivity contribution in [3.63, 3.8) is 0 Å². The molecule has 0 heterocycles. The highest BCUT2D eigenvalue weighted by molar-refractivity contribution is 5.91. The van der Waals surface area contributed by atoms with Crippen molar-refractivity contribution >= 4 is 17.6 Å². The van der Waals surface area contributed by atoms with Crippen LogP contribution in [0.2, 0.25) is 0 Å². The molecule has 19 heavy (non-hydrogen) atoms. The summed E-state index contributed by atoms with van der Waals surface area (Å²) in [5.41, 5.74) is 6.49. The van der Waals surface area contributed by atoms with Gasteiger partial charge in [0, 0.05) is 11.7 Å². The molecule has 1 atom stereocenters. The van der Waals surface area contributed by atoms with Gasteiger partial charge in [-0.05, 0) is 24.5 Å². The molecule has 4 N–H and O–H groups in total. The molecule has 0 fully saturated rings. The Bertz CT molecular complexity index is 458. The van der Waals surface area contributed by atoms with Crippen molar-refractivity contribution in [2.75, 3.05) is 5.32 Å². The summed E-state index contributed by atoms with van der Waals surface area (Å²) in [6, 6.07) is 6.91. The summed E-state index contributed by atoms with van der Waals surface area (Å²) in [5, 5.41) is 5.59. The number of amides is 3. The van der Waals surface area contributed by atoms with Gasteiger partial charge in [0.25, 0.3) is 0 Å². The van der Waals surface area contributed by atoms with E-state index in [9.17, 15) is 9.59 Å². The Balaban J connectivity index is 2.71. The molecule has 3 amide bonds. The first kappa shape index (κ1) is 15.0. The van der Waals surface area contributed by atoms with E-state index in [-0.39, 0.29) is 18.5 Å². The summed E-state index contributed by atoms with van der Waals surface area (Å²) in [6.07, 6.45) is 0.107. The lowest BCUT2D eigenvalue weighted by Crippen LogP contribution is -2.39. The fraction of sp³-hybridized carbons (Fsp3) is 0.429. The monoisotopic (exact) mass is 263 g/mol. The first-order valence-electron chi connectivity index (χ1n) is 6.34. The number of para-hydroxylation sites is 1. The fourth-order valence-electron chi connectivity index (χ4n) is 1.52. The number of carbonyl (C=O) groups excluding carboxylic acids is 2. The molecule has 0 aromatic heterocycles. The van der Waals surface area contributed by atoms with Gasteiger partial charge in [-0.2, -0.15) is 0 Å². The van der Waals surface area contributed by atoms with Crippen molar-refractivity contribution < 1.29 is 9.59 Å². The Morgan fingerprint density at radius 3 is 2.42 bits per heavy atom. The topological polar surface area (TPSA) is 84.2 Å². The maximum Gasteiger partial charge on any atom is 0.319 e. The van der Waals surface area contributed by atoms with E-state index in [1.165, 1.54) is 0 Å². The largest absolute Gasteiger partial charge is 0.369 e. The number of hydrogen-bond donors (Lipinski definition) is 3. The third kappa shape index (κ3) is 4.99. The summed E-state index contributed by atoms with van der Waals surface area (Å²) in [6.45, 7) is 6.01. The summed E-state index contributed by atoms with van der Waals surface area (Å²) in [7, 11) is 0. The molecule has 0 aliphatic rings. The molecule has 104 valence electrons. The van der Waals surface area contributed by atoms with Crippen LogP contribution in [0.4, 0.5) is 10.5 Å². The Hall–Kier alpha value is -2.04. The minimum Gasteiger partial charge on any atom is -0.369 e. The van der Waals surface area contributed by atoms with Gasteiger partial charge in [-0.1, -0.05) is 32.0 Å². The predicted molar refractivity (Wildman–Crippen MR) is 75.8 cm³/mol. The summed E-state index contributed by atoms with van der Waals surface area (Å²) in [5.74, 6) is -0.0724. The van der Waals surface area contributed by atoms with Gasteiger partial charge >= 0.3 is 6.03 Å². The highest BCUT2D eigenvalue weighted by Crippen LogP contribution is 2.15. The normalized spacial score (nSPS) is 12.0. The number of benzene rings is 1. The van der Waals surface area contributed by atoms with Crippen molar-refractivity contribution in [1.82, 2.24) is 5.32 Å². The number of rotatable bonds is 5. The number of hydrogen-bond acceptors (Lipinski definition) is 2. The van der Waals surface area contributed by atoms with Crippen molar-refractivity contribution in [3.05, 3.63) is 29.8 Å². The van der Waals surface area contributed by atoms with Crippen LogP contribution in [-0.4, -0.2) is 18.0 Å². The van der Waals surface area contributed by atoms with Crippen LogP contribution in [0, 0.1) is 5.92 Å². The van der Waals surface area contributed by atoms with Gasteiger partial charge in [-0.15, -0.1) is 0 Å². The van der Waals surface area contributed by atoms with Crippen LogP contribution >= 0.6 is 0 Å². The zero-order valence-corrected chi connectivity index (χ0v) is 11.6. The van der Waals surface area contributed by atoms with Crippen LogP contribution in [0.15, 0.2) is 24.3 Å². The Morgan fingerprint density at radius 2 is 1.84 bits per heavy atom. The average Bonchev–Trinajstić information content (AvgIpc) is 2.30. The van der Waals surface area contributed by atoms with Gasteiger partial charge in [0.05, 0.1) is 6.42 Å². The third-order valence-corrected chi connectivity index (χ3v) is 2.99. The van der Waals surface area contributed by atoms with E-state index in [0.717, 1.165) is 0 Å². The second-order valence-electron chi connectivity index (χ2n) is 4.93. The number of carbonyl (C=O) groups is 2.